The van der Waals surface area contributed by atoms with Crippen LogP contribution in [0.4, 0.5) is 0 Å². The summed E-state index contributed by atoms with van der Waals surface area (Å²) < 4.78 is 0. The Morgan fingerprint density at radius 1 is 1.28 bits per heavy atom. The van der Waals surface area contributed by atoms with Crippen molar-refractivity contribution in [3.8, 4) is 0 Å². The average Bonchev–Trinajstić information content (AvgIpc) is 2.99. The summed E-state index contributed by atoms with van der Waals surface area (Å²) in [6, 6.07) is 8.05. The number of fused-ring (bicyclic) bond motifs is 1. The highest BCUT2D eigenvalue weighted by molar-refractivity contribution is 5.94. The van der Waals surface area contributed by atoms with Crippen LogP contribution in [0.25, 0.3) is 0 Å². The monoisotopic (exact) mass is 340 g/mol. The molecule has 0 atom stereocenters. The van der Waals surface area contributed by atoms with Gasteiger partial charge in [0.2, 0.25) is 5.91 Å². The van der Waals surface area contributed by atoms with Crippen LogP contribution in [0.1, 0.15) is 46.7 Å². The molecule has 1 aromatic carbocycles. The zero-order valence-electron chi connectivity index (χ0n) is 14.9. The molecule has 1 aromatic heterocycles. The Labute approximate surface area is 147 Å². The number of aromatic amines is 1. The molecule has 2 amide bonds. The molecule has 0 radical (unpaired) electrons. The number of nitrogens with one attached hydrogen (secondary N) is 2. The maximum absolute atomic E-state index is 12.6. The van der Waals surface area contributed by atoms with E-state index in [2.05, 4.69) is 15.5 Å². The van der Waals surface area contributed by atoms with Gasteiger partial charge in [0.05, 0.1) is 6.42 Å². The molecule has 132 valence electrons. The number of amides is 2. The molecular formula is C19H24N4O2. The molecular weight excluding hydrogens is 316 g/mol. The highest BCUT2D eigenvalue weighted by Crippen LogP contribution is 2.21. The fourth-order valence-electron chi connectivity index (χ4n) is 3.02. The first kappa shape index (κ1) is 17.2. The van der Waals surface area contributed by atoms with E-state index < -0.39 is 0 Å². The number of carbonyl (C=O) groups excluding carboxylic acids is 2. The molecule has 1 aliphatic heterocycles. The standard InChI is InChI=1S/C19H24N4O2/c1-12(2)20-19(25)18-15-11-23(9-8-16(15)21-22-18)17(24)10-14-6-4-13(3)5-7-14/h4-7,12H,8-11H2,1-3H3,(H,20,25)(H,21,22). The van der Waals surface area contributed by atoms with Crippen molar-refractivity contribution in [2.75, 3.05) is 6.54 Å². The third kappa shape index (κ3) is 3.90. The molecule has 0 spiro atoms. The van der Waals surface area contributed by atoms with Crippen molar-refractivity contribution in [1.29, 1.82) is 0 Å². The predicted molar refractivity (Wildman–Crippen MR) is 95.2 cm³/mol. The van der Waals surface area contributed by atoms with Crippen molar-refractivity contribution in [1.82, 2.24) is 20.4 Å². The Balaban J connectivity index is 1.71. The largest absolute Gasteiger partial charge is 0.348 e. The normalized spacial score (nSPS) is 13.7. The predicted octanol–water partition coefficient (Wildman–Crippen LogP) is 1.98. The lowest BCUT2D eigenvalue weighted by molar-refractivity contribution is -0.131. The molecule has 3 rings (SSSR count). The van der Waals surface area contributed by atoms with Gasteiger partial charge in [-0.2, -0.15) is 5.10 Å². The van der Waals surface area contributed by atoms with Gasteiger partial charge in [-0.25, -0.2) is 0 Å². The fraction of sp³-hybridized carbons (Fsp3) is 0.421. The summed E-state index contributed by atoms with van der Waals surface area (Å²) in [5, 5.41) is 9.97. The Hall–Kier alpha value is -2.63. The lowest BCUT2D eigenvalue weighted by atomic mass is 10.0. The van der Waals surface area contributed by atoms with Crippen LogP contribution < -0.4 is 5.32 Å². The summed E-state index contributed by atoms with van der Waals surface area (Å²) in [5.41, 5.74) is 4.37. The van der Waals surface area contributed by atoms with Gasteiger partial charge in [-0.05, 0) is 26.3 Å². The number of hydrogen-bond donors (Lipinski definition) is 2. The van der Waals surface area contributed by atoms with E-state index in [-0.39, 0.29) is 17.9 Å². The van der Waals surface area contributed by atoms with Crippen molar-refractivity contribution in [3.63, 3.8) is 0 Å². The van der Waals surface area contributed by atoms with E-state index in [0.717, 1.165) is 16.8 Å². The number of hydrogen-bond acceptors (Lipinski definition) is 3. The molecule has 25 heavy (non-hydrogen) atoms. The van der Waals surface area contributed by atoms with E-state index in [4.69, 9.17) is 0 Å². The number of carbonyl (C=O) groups is 2. The summed E-state index contributed by atoms with van der Waals surface area (Å²) >= 11 is 0. The van der Waals surface area contributed by atoms with Crippen molar-refractivity contribution in [3.05, 3.63) is 52.3 Å². The zero-order chi connectivity index (χ0) is 18.0. The third-order valence-corrected chi connectivity index (χ3v) is 4.40. The molecule has 2 N–H and O–H groups in total. The number of aryl methyl sites for hydroxylation is 1. The summed E-state index contributed by atoms with van der Waals surface area (Å²) in [6.45, 7) is 6.92. The van der Waals surface area contributed by atoms with Gasteiger partial charge in [0.25, 0.3) is 5.91 Å². The molecule has 1 aliphatic rings. The van der Waals surface area contributed by atoms with Crippen molar-refractivity contribution in [2.45, 2.75) is 46.2 Å². The molecule has 2 aromatic rings. The van der Waals surface area contributed by atoms with Crippen LogP contribution in [-0.2, 0) is 24.2 Å². The molecule has 0 bridgehead atoms. The summed E-state index contributed by atoms with van der Waals surface area (Å²) in [6.07, 6.45) is 1.07. The SMILES string of the molecule is Cc1ccc(CC(=O)N2CCc3[nH]nc(C(=O)NC(C)C)c3C2)cc1. The summed E-state index contributed by atoms with van der Waals surface area (Å²) in [7, 11) is 0. The number of benzene rings is 1. The molecule has 6 heteroatoms. The minimum Gasteiger partial charge on any atom is -0.348 e. The first-order valence-electron chi connectivity index (χ1n) is 8.64. The Kier molecular flexibility index (Phi) is 4.88. The fourth-order valence-corrected chi connectivity index (χ4v) is 3.02. The minimum atomic E-state index is -0.194. The van der Waals surface area contributed by atoms with Crippen molar-refractivity contribution >= 4 is 11.8 Å². The number of aromatic nitrogens is 2. The van der Waals surface area contributed by atoms with Gasteiger partial charge in [0, 0.05) is 36.8 Å². The Bertz CT molecular complexity index is 777. The topological polar surface area (TPSA) is 78.1 Å². The maximum Gasteiger partial charge on any atom is 0.272 e. The van der Waals surface area contributed by atoms with Gasteiger partial charge in [-0.3, -0.25) is 14.7 Å². The van der Waals surface area contributed by atoms with E-state index in [1.54, 1.807) is 0 Å². The van der Waals surface area contributed by atoms with E-state index in [1.807, 2.05) is 49.9 Å². The molecule has 0 aliphatic carbocycles. The second kappa shape index (κ2) is 7.09. The van der Waals surface area contributed by atoms with E-state index in [1.165, 1.54) is 5.56 Å². The summed E-state index contributed by atoms with van der Waals surface area (Å²) in [4.78, 5) is 26.7. The molecule has 6 nitrogen and oxygen atoms in total. The van der Waals surface area contributed by atoms with Gasteiger partial charge < -0.3 is 10.2 Å². The molecule has 0 unspecified atom stereocenters. The molecule has 0 fully saturated rings. The zero-order valence-corrected chi connectivity index (χ0v) is 14.9. The number of rotatable bonds is 4. The summed E-state index contributed by atoms with van der Waals surface area (Å²) in [5.74, 6) is -0.119. The van der Waals surface area contributed by atoms with Crippen LogP contribution in [0.5, 0.6) is 0 Å². The van der Waals surface area contributed by atoms with Crippen LogP contribution in [0.15, 0.2) is 24.3 Å². The highest BCUT2D eigenvalue weighted by atomic mass is 16.2. The van der Waals surface area contributed by atoms with Gasteiger partial charge in [0.15, 0.2) is 5.69 Å². The van der Waals surface area contributed by atoms with E-state index in [0.29, 0.717) is 31.6 Å². The average molecular weight is 340 g/mol. The number of nitrogens with zero attached hydrogens (tertiary/aromatic N) is 2. The van der Waals surface area contributed by atoms with Gasteiger partial charge in [-0.15, -0.1) is 0 Å². The van der Waals surface area contributed by atoms with E-state index >= 15 is 0 Å². The Morgan fingerprint density at radius 2 is 2.00 bits per heavy atom. The Morgan fingerprint density at radius 3 is 2.68 bits per heavy atom. The maximum atomic E-state index is 12.6. The lowest BCUT2D eigenvalue weighted by Gasteiger charge is -2.27. The second-order valence-electron chi connectivity index (χ2n) is 6.89. The first-order chi connectivity index (χ1) is 11.9. The van der Waals surface area contributed by atoms with Crippen LogP contribution in [-0.4, -0.2) is 39.5 Å². The minimum absolute atomic E-state index is 0.0442. The third-order valence-electron chi connectivity index (χ3n) is 4.40. The van der Waals surface area contributed by atoms with Gasteiger partial charge >= 0.3 is 0 Å². The highest BCUT2D eigenvalue weighted by Gasteiger charge is 2.27. The lowest BCUT2D eigenvalue weighted by Crippen LogP contribution is -2.38. The quantitative estimate of drug-likeness (QED) is 0.893. The van der Waals surface area contributed by atoms with Crippen molar-refractivity contribution in [2.24, 2.45) is 0 Å². The molecule has 0 saturated carbocycles. The van der Waals surface area contributed by atoms with Crippen molar-refractivity contribution < 1.29 is 9.59 Å². The van der Waals surface area contributed by atoms with Gasteiger partial charge in [0.1, 0.15) is 0 Å². The van der Waals surface area contributed by atoms with E-state index in [9.17, 15) is 9.59 Å². The molecule has 0 saturated heterocycles. The van der Waals surface area contributed by atoms with Gasteiger partial charge in [-0.1, -0.05) is 29.8 Å². The first-order valence-corrected chi connectivity index (χ1v) is 8.64. The van der Waals surface area contributed by atoms with Crippen LogP contribution in [0.2, 0.25) is 0 Å². The van der Waals surface area contributed by atoms with Crippen LogP contribution in [0.3, 0.4) is 0 Å². The van der Waals surface area contributed by atoms with Crippen LogP contribution in [0, 0.1) is 6.92 Å². The molecule has 2 heterocycles. The smallest absolute Gasteiger partial charge is 0.272 e. The second-order valence-corrected chi connectivity index (χ2v) is 6.89. The van der Waals surface area contributed by atoms with Crippen LogP contribution >= 0.6 is 0 Å². The number of H-pyrrole nitrogens is 1.